The highest BCUT2D eigenvalue weighted by Gasteiger charge is 2.20. The van der Waals surface area contributed by atoms with Crippen LogP contribution >= 0.6 is 34.5 Å². The van der Waals surface area contributed by atoms with Crippen LogP contribution in [0.15, 0.2) is 170 Å². The Bertz CT molecular complexity index is 3110. The first-order chi connectivity index (χ1) is 33.8. The van der Waals surface area contributed by atoms with Gasteiger partial charge in [0.2, 0.25) is 0 Å². The minimum absolute atomic E-state index is 0.191. The van der Waals surface area contributed by atoms with Crippen LogP contribution in [0.4, 0.5) is 0 Å². The average molecular weight is 973 g/mol. The molecule has 0 aliphatic carbocycles. The van der Waals surface area contributed by atoms with Crippen LogP contribution in [0.3, 0.4) is 0 Å². The summed E-state index contributed by atoms with van der Waals surface area (Å²) in [6.07, 6.45) is 4.72. The van der Waals surface area contributed by atoms with E-state index in [0.29, 0.717) is 36.1 Å². The van der Waals surface area contributed by atoms with Gasteiger partial charge in [-0.3, -0.25) is 14.9 Å². The predicted molar refractivity (Wildman–Crippen MR) is 283 cm³/mol. The summed E-state index contributed by atoms with van der Waals surface area (Å²) < 4.78 is 18.1. The van der Waals surface area contributed by atoms with E-state index in [1.807, 2.05) is 72.8 Å². The van der Waals surface area contributed by atoms with Crippen molar-refractivity contribution in [1.29, 1.82) is 0 Å². The van der Waals surface area contributed by atoms with Crippen molar-refractivity contribution in [3.8, 4) is 21.9 Å². The molecule has 11 heteroatoms. The van der Waals surface area contributed by atoms with Crippen molar-refractivity contribution >= 4 is 56.3 Å². The Kier molecular flexibility index (Phi) is 16.0. The van der Waals surface area contributed by atoms with Gasteiger partial charge in [-0.15, -0.1) is 11.3 Å². The van der Waals surface area contributed by atoms with Gasteiger partial charge in [-0.25, -0.2) is 0 Å². The molecule has 0 radical (unpaired) electrons. The molecule has 2 atom stereocenters. The lowest BCUT2D eigenvalue weighted by atomic mass is 9.96. The zero-order valence-corrected chi connectivity index (χ0v) is 40.9. The lowest BCUT2D eigenvalue weighted by Crippen LogP contribution is -2.35. The number of thiophene rings is 1. The number of ether oxygens (including phenoxy) is 3. The quantitative estimate of drug-likeness (QED) is 0.105. The van der Waals surface area contributed by atoms with Gasteiger partial charge in [0.1, 0.15) is 35.7 Å². The molecule has 4 N–H and O–H groups in total. The molecule has 0 spiro atoms. The van der Waals surface area contributed by atoms with Gasteiger partial charge in [-0.1, -0.05) is 126 Å². The molecule has 0 saturated carbocycles. The number of nitrogens with two attached hydrogens (primary N) is 2. The van der Waals surface area contributed by atoms with E-state index in [4.69, 9.17) is 48.9 Å². The Labute approximate surface area is 418 Å². The Hall–Kier alpha value is -6.14. The van der Waals surface area contributed by atoms with E-state index in [2.05, 4.69) is 107 Å². The molecule has 1 saturated heterocycles. The number of morpholine rings is 1. The molecule has 4 heterocycles. The maximum atomic E-state index is 6.73. The van der Waals surface area contributed by atoms with Gasteiger partial charge in [0.25, 0.3) is 0 Å². The number of benzene rings is 6. The van der Waals surface area contributed by atoms with Gasteiger partial charge in [0, 0.05) is 64.6 Å². The van der Waals surface area contributed by atoms with Gasteiger partial charge >= 0.3 is 0 Å². The molecule has 6 aromatic carbocycles. The third-order valence-corrected chi connectivity index (χ3v) is 14.0. The molecule has 9 aromatic rings. The van der Waals surface area contributed by atoms with Crippen molar-refractivity contribution in [2.75, 3.05) is 26.3 Å². The number of aryl methyl sites for hydroxylation is 1. The maximum absolute atomic E-state index is 6.73. The third-order valence-electron chi connectivity index (χ3n) is 12.3. The van der Waals surface area contributed by atoms with Crippen molar-refractivity contribution in [3.05, 3.63) is 224 Å². The lowest BCUT2D eigenvalue weighted by Gasteiger charge is -2.26. The molecule has 3 aromatic heterocycles. The largest absolute Gasteiger partial charge is 0.486 e. The van der Waals surface area contributed by atoms with Crippen molar-refractivity contribution in [2.24, 2.45) is 11.5 Å². The van der Waals surface area contributed by atoms with Crippen LogP contribution in [0.5, 0.6) is 11.5 Å². The van der Waals surface area contributed by atoms with Gasteiger partial charge < -0.3 is 25.7 Å². The van der Waals surface area contributed by atoms with Gasteiger partial charge in [0.15, 0.2) is 0 Å². The van der Waals surface area contributed by atoms with E-state index >= 15 is 0 Å². The summed E-state index contributed by atoms with van der Waals surface area (Å²) in [4.78, 5) is 14.2. The van der Waals surface area contributed by atoms with E-state index in [1.54, 1.807) is 23.7 Å². The summed E-state index contributed by atoms with van der Waals surface area (Å²) in [6, 6.07) is 52.9. The first-order valence-electron chi connectivity index (χ1n) is 23.3. The topological polar surface area (TPSA) is 109 Å². The fourth-order valence-electron chi connectivity index (χ4n) is 8.65. The molecular weight excluding hydrogens is 918 g/mol. The summed E-state index contributed by atoms with van der Waals surface area (Å²) in [5.41, 5.74) is 23.7. The summed E-state index contributed by atoms with van der Waals surface area (Å²) >= 11 is 15.1. The van der Waals surface area contributed by atoms with E-state index in [1.165, 1.54) is 20.9 Å². The van der Waals surface area contributed by atoms with Crippen molar-refractivity contribution < 1.29 is 14.2 Å². The summed E-state index contributed by atoms with van der Waals surface area (Å²) in [5, 5.41) is 3.06. The van der Waals surface area contributed by atoms with E-state index in [-0.39, 0.29) is 12.1 Å². The smallest absolute Gasteiger partial charge is 0.149 e. The third kappa shape index (κ3) is 12.2. The number of rotatable bonds is 15. The number of aromatic nitrogens is 2. The van der Waals surface area contributed by atoms with Gasteiger partial charge in [-0.05, 0) is 119 Å². The van der Waals surface area contributed by atoms with Crippen LogP contribution in [-0.4, -0.2) is 41.2 Å². The Morgan fingerprint density at radius 3 is 1.68 bits per heavy atom. The second kappa shape index (κ2) is 23.0. The average Bonchev–Trinajstić information content (AvgIpc) is 3.83. The van der Waals surface area contributed by atoms with Gasteiger partial charge in [0.05, 0.1) is 23.3 Å². The monoisotopic (exact) mass is 971 g/mol. The molecule has 0 amide bonds. The van der Waals surface area contributed by atoms with Crippen LogP contribution < -0.4 is 20.9 Å². The van der Waals surface area contributed by atoms with E-state index in [0.717, 1.165) is 99.5 Å². The predicted octanol–water partition coefficient (Wildman–Crippen LogP) is 13.3. The number of fused-ring (bicyclic) bond motifs is 2. The second-order valence-corrected chi connectivity index (χ2v) is 19.4. The van der Waals surface area contributed by atoms with E-state index in [9.17, 15) is 0 Å². The number of hydrogen-bond donors (Lipinski definition) is 2. The minimum atomic E-state index is -0.211. The number of pyridine rings is 2. The molecule has 10 rings (SSSR count). The molecule has 1 aliphatic rings. The Morgan fingerprint density at radius 1 is 0.594 bits per heavy atom. The molecular formula is C58H55Cl2N5O3S. The maximum Gasteiger partial charge on any atom is 0.149 e. The molecule has 69 heavy (non-hydrogen) atoms. The number of halogens is 2. The summed E-state index contributed by atoms with van der Waals surface area (Å²) in [6.45, 7) is 7.52. The first-order valence-corrected chi connectivity index (χ1v) is 24.9. The minimum Gasteiger partial charge on any atom is -0.486 e. The molecule has 1 fully saturated rings. The standard InChI is InChI=1S/C29H30ClN3O2.C29H25ClN2OS/c30-26-17-24(18-27(31)23-10-8-21(9-11-23)19-33-13-15-34-16-14-33)29(28-25(26)7-4-12-32-28)35-20-22-5-2-1-3-6-22;1-19-12-13-27(34-19)22-10-5-9-21(15-22)26(31)17-23-16-25(30)24-11-6-14-32-28(24)29(23)33-18-20-7-3-2-4-8-20/h1-12,17,27H,13-16,18-20,31H2;2-16,26H,17-18,31H2,1H3. The van der Waals surface area contributed by atoms with Gasteiger partial charge in [-0.2, -0.15) is 0 Å². The van der Waals surface area contributed by atoms with Crippen LogP contribution in [0.1, 0.15) is 55.9 Å². The SMILES string of the molecule is Cc1ccc(-c2cccc(C(N)Cc3cc(Cl)c4cccnc4c3OCc3ccccc3)c2)s1.NC(Cc1cc(Cl)c2cccnc2c1OCc1ccccc1)c1ccc(CN2CCOCC2)cc1. The van der Waals surface area contributed by atoms with Crippen molar-refractivity contribution in [2.45, 2.75) is 51.6 Å². The van der Waals surface area contributed by atoms with Crippen LogP contribution in [0.2, 0.25) is 10.0 Å². The fourth-order valence-corrected chi connectivity index (χ4v) is 10.1. The van der Waals surface area contributed by atoms with Crippen molar-refractivity contribution in [3.63, 3.8) is 0 Å². The van der Waals surface area contributed by atoms with Crippen LogP contribution in [0, 0.1) is 6.92 Å². The first kappa shape index (κ1) is 47.9. The normalized spacial score (nSPS) is 13.7. The van der Waals surface area contributed by atoms with Crippen molar-refractivity contribution in [1.82, 2.24) is 14.9 Å². The molecule has 0 bridgehead atoms. The second-order valence-electron chi connectivity index (χ2n) is 17.3. The Morgan fingerprint density at radius 2 is 1.14 bits per heavy atom. The number of nitrogens with zero attached hydrogens (tertiary/aromatic N) is 3. The molecule has 350 valence electrons. The van der Waals surface area contributed by atoms with Crippen LogP contribution in [0.25, 0.3) is 32.2 Å². The zero-order chi connectivity index (χ0) is 47.5. The van der Waals surface area contributed by atoms with Crippen LogP contribution in [-0.2, 0) is 37.3 Å². The lowest BCUT2D eigenvalue weighted by molar-refractivity contribution is 0.0342. The van der Waals surface area contributed by atoms with E-state index < -0.39 is 0 Å². The molecule has 8 nitrogen and oxygen atoms in total. The highest BCUT2D eigenvalue weighted by atomic mass is 35.5. The summed E-state index contributed by atoms with van der Waals surface area (Å²) in [7, 11) is 0. The molecule has 2 unspecified atom stereocenters. The number of hydrogen-bond acceptors (Lipinski definition) is 9. The highest BCUT2D eigenvalue weighted by Crippen LogP contribution is 2.39. The highest BCUT2D eigenvalue weighted by molar-refractivity contribution is 7.15. The zero-order valence-electron chi connectivity index (χ0n) is 38.6. The molecule has 1 aliphatic heterocycles. The fraction of sp³-hybridized carbons (Fsp3) is 0.207. The Balaban J connectivity index is 0.000000172. The summed E-state index contributed by atoms with van der Waals surface area (Å²) in [5.74, 6) is 1.48.